The molecule has 2 rings (SSSR count). The number of nitrogens with zero attached hydrogens (tertiary/aromatic N) is 3. The van der Waals surface area contributed by atoms with E-state index in [0.29, 0.717) is 11.1 Å². The van der Waals surface area contributed by atoms with Crippen LogP contribution in [0.3, 0.4) is 0 Å². The second-order valence-corrected chi connectivity index (χ2v) is 6.25. The summed E-state index contributed by atoms with van der Waals surface area (Å²) in [6.07, 6.45) is 1.26. The van der Waals surface area contributed by atoms with Crippen LogP contribution >= 0.6 is 12.2 Å². The van der Waals surface area contributed by atoms with Gasteiger partial charge in [0.05, 0.1) is 5.75 Å². The van der Waals surface area contributed by atoms with Crippen LogP contribution < -0.4 is 10.5 Å². The highest BCUT2D eigenvalue weighted by Crippen LogP contribution is 2.14. The molecule has 0 aliphatic carbocycles. The van der Waals surface area contributed by atoms with Crippen molar-refractivity contribution in [2.45, 2.75) is 5.75 Å². The number of hydrogen-bond acceptors (Lipinski definition) is 5. The summed E-state index contributed by atoms with van der Waals surface area (Å²) in [6.45, 7) is 0. The lowest BCUT2D eigenvalue weighted by Gasteiger charge is -2.10. The highest BCUT2D eigenvalue weighted by Gasteiger charge is 2.17. The summed E-state index contributed by atoms with van der Waals surface area (Å²) >= 11 is 4.91. The molecule has 0 bridgehead atoms. The minimum absolute atomic E-state index is 0.151. The lowest BCUT2D eigenvalue weighted by molar-refractivity contribution is 0.599. The number of sulfonamides is 1. The van der Waals surface area contributed by atoms with Crippen LogP contribution in [0, 0.1) is 0 Å². The summed E-state index contributed by atoms with van der Waals surface area (Å²) in [7, 11) is -2.03. The number of rotatable bonds is 5. The van der Waals surface area contributed by atoms with Crippen LogP contribution in [0.5, 0.6) is 0 Å². The Morgan fingerprint density at radius 3 is 2.75 bits per heavy atom. The van der Waals surface area contributed by atoms with E-state index in [1.165, 1.54) is 11.0 Å². The minimum atomic E-state index is -3.62. The van der Waals surface area contributed by atoms with E-state index in [2.05, 4.69) is 14.8 Å². The lowest BCUT2D eigenvalue weighted by atomic mass is 10.1. The maximum Gasteiger partial charge on any atom is 0.239 e. The van der Waals surface area contributed by atoms with Crippen LogP contribution in [0.4, 0.5) is 5.95 Å². The van der Waals surface area contributed by atoms with E-state index in [4.69, 9.17) is 18.0 Å². The van der Waals surface area contributed by atoms with Crippen LogP contribution in [0.2, 0.25) is 0 Å². The number of nitrogens with two attached hydrogens (primary N) is 1. The number of nitrogens with one attached hydrogen (secondary N) is 1. The van der Waals surface area contributed by atoms with Crippen molar-refractivity contribution in [3.8, 4) is 0 Å². The molecule has 9 heteroatoms. The average Bonchev–Trinajstić information content (AvgIpc) is 2.74. The van der Waals surface area contributed by atoms with Gasteiger partial charge in [-0.2, -0.15) is 10.1 Å². The van der Waals surface area contributed by atoms with Gasteiger partial charge in [-0.1, -0.05) is 36.5 Å². The molecule has 0 amide bonds. The van der Waals surface area contributed by atoms with Gasteiger partial charge in [0, 0.05) is 12.6 Å². The summed E-state index contributed by atoms with van der Waals surface area (Å²) in [5.74, 6) is -0.0919. The van der Waals surface area contributed by atoms with E-state index in [1.54, 1.807) is 31.3 Å². The normalized spacial score (nSPS) is 11.2. The van der Waals surface area contributed by atoms with Gasteiger partial charge in [-0.15, -0.1) is 0 Å². The fourth-order valence-electron chi connectivity index (χ4n) is 1.66. The first-order valence-corrected chi connectivity index (χ1v) is 7.67. The molecule has 0 atom stereocenters. The van der Waals surface area contributed by atoms with E-state index in [1.807, 2.05) is 0 Å². The van der Waals surface area contributed by atoms with Crippen molar-refractivity contribution in [1.82, 2.24) is 14.8 Å². The third kappa shape index (κ3) is 3.31. The molecular formula is C11H13N5O2S2. The number of hydrogen-bond donors (Lipinski definition) is 2. The van der Waals surface area contributed by atoms with Crippen LogP contribution in [-0.4, -0.2) is 28.2 Å². The Balaban J connectivity index is 2.25. The fourth-order valence-corrected chi connectivity index (χ4v) is 3.05. The van der Waals surface area contributed by atoms with Crippen molar-refractivity contribution in [1.29, 1.82) is 0 Å². The van der Waals surface area contributed by atoms with Crippen molar-refractivity contribution in [3.05, 3.63) is 41.7 Å². The molecule has 0 radical (unpaired) electrons. The van der Waals surface area contributed by atoms with E-state index in [9.17, 15) is 8.42 Å². The van der Waals surface area contributed by atoms with Crippen molar-refractivity contribution in [2.24, 2.45) is 12.8 Å². The van der Waals surface area contributed by atoms with E-state index >= 15 is 0 Å². The van der Waals surface area contributed by atoms with Crippen molar-refractivity contribution < 1.29 is 8.42 Å². The standard InChI is InChI=1S/C11H13N5O2S2/c1-16-11(13-7-14-16)15-20(17,18)6-8-4-2-3-5-9(8)10(12)19/h2-5,7H,6H2,1H3,(H2,12,19)(H,13,14,15). The number of thiocarbonyl (C=S) groups is 1. The van der Waals surface area contributed by atoms with Crippen molar-refractivity contribution in [3.63, 3.8) is 0 Å². The number of benzene rings is 1. The van der Waals surface area contributed by atoms with Gasteiger partial charge in [-0.25, -0.2) is 13.1 Å². The summed E-state index contributed by atoms with van der Waals surface area (Å²) in [4.78, 5) is 3.97. The molecule has 0 aliphatic rings. The maximum absolute atomic E-state index is 12.1. The predicted octanol–water partition coefficient (Wildman–Crippen LogP) is 0.391. The minimum Gasteiger partial charge on any atom is -0.389 e. The first kappa shape index (κ1) is 14.4. The maximum atomic E-state index is 12.1. The average molecular weight is 311 g/mol. The summed E-state index contributed by atoms with van der Waals surface area (Å²) in [6, 6.07) is 6.84. The zero-order valence-corrected chi connectivity index (χ0v) is 12.3. The summed E-state index contributed by atoms with van der Waals surface area (Å²) in [5, 5.41) is 3.79. The van der Waals surface area contributed by atoms with E-state index in [-0.39, 0.29) is 16.7 Å². The molecule has 2 aromatic rings. The third-order valence-electron chi connectivity index (χ3n) is 2.59. The Kier molecular flexibility index (Phi) is 4.00. The monoisotopic (exact) mass is 311 g/mol. The molecule has 20 heavy (non-hydrogen) atoms. The molecule has 1 heterocycles. The molecular weight excluding hydrogens is 298 g/mol. The molecule has 3 N–H and O–H groups in total. The van der Waals surface area contributed by atoms with Gasteiger partial charge in [-0.3, -0.25) is 4.72 Å². The number of aryl methyl sites for hydroxylation is 1. The lowest BCUT2D eigenvalue weighted by Crippen LogP contribution is -2.20. The number of anilines is 1. The Hall–Kier alpha value is -2.00. The molecule has 0 aliphatic heterocycles. The van der Waals surface area contributed by atoms with Crippen molar-refractivity contribution in [2.75, 3.05) is 4.72 Å². The van der Waals surface area contributed by atoms with Gasteiger partial charge >= 0.3 is 0 Å². The number of aromatic nitrogens is 3. The highest BCUT2D eigenvalue weighted by atomic mass is 32.2. The second-order valence-electron chi connectivity index (χ2n) is 4.09. The van der Waals surface area contributed by atoms with Crippen LogP contribution in [0.15, 0.2) is 30.6 Å². The molecule has 0 saturated heterocycles. The van der Waals surface area contributed by atoms with Crippen molar-refractivity contribution >= 4 is 33.2 Å². The zero-order valence-electron chi connectivity index (χ0n) is 10.6. The Morgan fingerprint density at radius 1 is 1.45 bits per heavy atom. The van der Waals surface area contributed by atoms with Gasteiger partial charge < -0.3 is 5.73 Å². The van der Waals surface area contributed by atoms with Crippen LogP contribution in [-0.2, 0) is 22.8 Å². The van der Waals surface area contributed by atoms with Gasteiger partial charge in [0.15, 0.2) is 0 Å². The van der Waals surface area contributed by atoms with E-state index < -0.39 is 10.0 Å². The van der Waals surface area contributed by atoms with Crippen LogP contribution in [0.25, 0.3) is 0 Å². The predicted molar refractivity (Wildman–Crippen MR) is 79.6 cm³/mol. The second kappa shape index (κ2) is 5.55. The Morgan fingerprint density at radius 2 is 2.15 bits per heavy atom. The molecule has 0 spiro atoms. The third-order valence-corrected chi connectivity index (χ3v) is 3.99. The molecule has 1 aromatic heterocycles. The molecule has 0 saturated carbocycles. The molecule has 1 aromatic carbocycles. The smallest absolute Gasteiger partial charge is 0.239 e. The van der Waals surface area contributed by atoms with E-state index in [0.717, 1.165) is 0 Å². The highest BCUT2D eigenvalue weighted by molar-refractivity contribution is 7.91. The fraction of sp³-hybridized carbons (Fsp3) is 0.182. The Bertz CT molecular complexity index is 739. The topological polar surface area (TPSA) is 103 Å². The SMILES string of the molecule is Cn1ncnc1NS(=O)(=O)Cc1ccccc1C(N)=S. The Labute approximate surface area is 121 Å². The molecule has 106 valence electrons. The largest absolute Gasteiger partial charge is 0.389 e. The molecule has 7 nitrogen and oxygen atoms in total. The first-order chi connectivity index (χ1) is 9.39. The summed E-state index contributed by atoms with van der Waals surface area (Å²) < 4.78 is 27.9. The quantitative estimate of drug-likeness (QED) is 0.774. The van der Waals surface area contributed by atoms with Gasteiger partial charge in [0.25, 0.3) is 0 Å². The zero-order chi connectivity index (χ0) is 14.8. The summed E-state index contributed by atoms with van der Waals surface area (Å²) in [5.41, 5.74) is 6.67. The van der Waals surface area contributed by atoms with Gasteiger partial charge in [0.2, 0.25) is 16.0 Å². The van der Waals surface area contributed by atoms with Gasteiger partial charge in [-0.05, 0) is 5.56 Å². The van der Waals surface area contributed by atoms with Crippen LogP contribution in [0.1, 0.15) is 11.1 Å². The van der Waals surface area contributed by atoms with Gasteiger partial charge in [0.1, 0.15) is 11.3 Å². The molecule has 0 fully saturated rings. The first-order valence-electron chi connectivity index (χ1n) is 5.61. The molecule has 0 unspecified atom stereocenters.